The van der Waals surface area contributed by atoms with Crippen molar-refractivity contribution in [2.24, 2.45) is 0 Å². The maximum Gasteiger partial charge on any atom is 0.163 e. The molecule has 0 spiro atoms. The first-order valence-corrected chi connectivity index (χ1v) is 9.42. The molecule has 2 aromatic carbocycles. The molecule has 2 N–H and O–H groups in total. The summed E-state index contributed by atoms with van der Waals surface area (Å²) >= 11 is 6.08. The van der Waals surface area contributed by atoms with Crippen LogP contribution in [-0.2, 0) is 9.47 Å². The highest BCUT2D eigenvalue weighted by Crippen LogP contribution is 2.34. The first-order valence-electron chi connectivity index (χ1n) is 9.05. The molecule has 0 saturated carbocycles. The molecule has 0 aliphatic heterocycles. The van der Waals surface area contributed by atoms with Gasteiger partial charge in [0.25, 0.3) is 0 Å². The summed E-state index contributed by atoms with van der Waals surface area (Å²) in [7, 11) is 3.23. The second-order valence-corrected chi connectivity index (χ2v) is 6.43. The van der Waals surface area contributed by atoms with Gasteiger partial charge in [0, 0.05) is 31.4 Å². The molecule has 8 heteroatoms. The van der Waals surface area contributed by atoms with Crippen molar-refractivity contribution in [2.75, 3.05) is 46.4 Å². The molecule has 0 saturated heterocycles. The van der Waals surface area contributed by atoms with Crippen LogP contribution in [-0.4, -0.2) is 50.6 Å². The van der Waals surface area contributed by atoms with E-state index < -0.39 is 0 Å². The Kier molecular flexibility index (Phi) is 9.43. The van der Waals surface area contributed by atoms with E-state index in [1.807, 2.05) is 31.2 Å². The third-order valence-corrected chi connectivity index (χ3v) is 4.12. The second kappa shape index (κ2) is 12.1. The van der Waals surface area contributed by atoms with Gasteiger partial charge < -0.3 is 24.7 Å². The lowest BCUT2D eigenvalue weighted by Crippen LogP contribution is -2.08. The number of hydrogen-bond acceptors (Lipinski definition) is 7. The van der Waals surface area contributed by atoms with E-state index in [4.69, 9.17) is 36.3 Å². The molecular formula is C21H26ClN3O4. The van der Waals surface area contributed by atoms with E-state index in [2.05, 4.69) is 9.97 Å². The third-order valence-electron chi connectivity index (χ3n) is 3.82. The number of ether oxygens (including phenoxy) is 4. The number of anilines is 1. The number of methoxy groups -OCH3 is 2. The molecule has 0 atom stereocenters. The van der Waals surface area contributed by atoms with Crippen molar-refractivity contribution in [1.29, 1.82) is 0 Å². The van der Waals surface area contributed by atoms with Gasteiger partial charge in [0.15, 0.2) is 11.5 Å². The van der Waals surface area contributed by atoms with E-state index in [-0.39, 0.29) is 0 Å². The molecule has 156 valence electrons. The van der Waals surface area contributed by atoms with Gasteiger partial charge in [-0.25, -0.2) is 9.97 Å². The van der Waals surface area contributed by atoms with Crippen LogP contribution in [0.4, 0.5) is 5.69 Å². The van der Waals surface area contributed by atoms with Crippen LogP contribution in [0.25, 0.3) is 10.9 Å². The van der Waals surface area contributed by atoms with Crippen molar-refractivity contribution in [2.45, 2.75) is 6.92 Å². The number of rotatable bonds is 8. The number of nitrogens with zero attached hydrogens (tertiary/aromatic N) is 2. The fourth-order valence-electron chi connectivity index (χ4n) is 2.29. The van der Waals surface area contributed by atoms with Gasteiger partial charge in [-0.2, -0.15) is 0 Å². The number of benzene rings is 2. The highest BCUT2D eigenvalue weighted by Gasteiger charge is 2.11. The Morgan fingerprint density at radius 2 is 1.45 bits per heavy atom. The van der Waals surface area contributed by atoms with Crippen LogP contribution < -0.4 is 15.2 Å². The molecule has 3 rings (SSSR count). The normalized spacial score (nSPS) is 10.3. The number of aromatic nitrogens is 2. The quantitative estimate of drug-likeness (QED) is 0.336. The Hall–Kier alpha value is -2.61. The van der Waals surface area contributed by atoms with Gasteiger partial charge in [0.2, 0.25) is 0 Å². The van der Waals surface area contributed by atoms with Crippen LogP contribution in [0.1, 0.15) is 5.56 Å². The Labute approximate surface area is 175 Å². The summed E-state index contributed by atoms with van der Waals surface area (Å²) in [5.41, 5.74) is 8.20. The maximum absolute atomic E-state index is 6.08. The lowest BCUT2D eigenvalue weighted by Gasteiger charge is -2.13. The average Bonchev–Trinajstić information content (AvgIpc) is 2.72. The number of aryl methyl sites for hydroxylation is 1. The smallest absolute Gasteiger partial charge is 0.163 e. The number of hydrogen-bond donors (Lipinski definition) is 1. The van der Waals surface area contributed by atoms with E-state index in [0.717, 1.165) is 5.69 Å². The van der Waals surface area contributed by atoms with Gasteiger partial charge in [-0.3, -0.25) is 0 Å². The minimum atomic E-state index is 0.375. The molecule has 29 heavy (non-hydrogen) atoms. The van der Waals surface area contributed by atoms with E-state index >= 15 is 0 Å². The van der Waals surface area contributed by atoms with Gasteiger partial charge >= 0.3 is 0 Å². The summed E-state index contributed by atoms with van der Waals surface area (Å²) in [6.07, 6.45) is 1.41. The zero-order chi connectivity index (χ0) is 21.1. The highest BCUT2D eigenvalue weighted by atomic mass is 35.5. The Balaban J connectivity index is 0.000000313. The first kappa shape index (κ1) is 22.7. The number of nitrogen functional groups attached to an aromatic ring is 1. The van der Waals surface area contributed by atoms with Crippen LogP contribution in [0.5, 0.6) is 11.5 Å². The van der Waals surface area contributed by atoms with Crippen molar-refractivity contribution in [3.63, 3.8) is 0 Å². The molecule has 0 radical (unpaired) electrons. The minimum absolute atomic E-state index is 0.375. The molecule has 0 fully saturated rings. The van der Waals surface area contributed by atoms with Crippen molar-refractivity contribution >= 4 is 28.2 Å². The van der Waals surface area contributed by atoms with Crippen LogP contribution in [0.15, 0.2) is 42.7 Å². The van der Waals surface area contributed by atoms with Crippen molar-refractivity contribution in [1.82, 2.24) is 9.97 Å². The standard InChI is InChI=1S/C14H17ClN2O4.C7H9N/c1-18-3-5-20-12-7-10-11(16-9-17-14(10)15)8-13(12)21-6-4-19-2;1-6-2-4-7(8)5-3-6/h7-9H,3-6H2,1-2H3;2-5H,8H2,1H3. The third kappa shape index (κ3) is 7.38. The molecule has 0 aliphatic rings. The van der Waals surface area contributed by atoms with Crippen LogP contribution in [0.2, 0.25) is 5.15 Å². The Bertz CT molecular complexity index is 870. The molecule has 7 nitrogen and oxygen atoms in total. The topological polar surface area (TPSA) is 88.7 Å². The lowest BCUT2D eigenvalue weighted by molar-refractivity contribution is 0.132. The minimum Gasteiger partial charge on any atom is -0.487 e. The van der Waals surface area contributed by atoms with Gasteiger partial charge in [0.1, 0.15) is 24.7 Å². The summed E-state index contributed by atoms with van der Waals surface area (Å²) < 4.78 is 21.3. The van der Waals surface area contributed by atoms with Crippen LogP contribution >= 0.6 is 11.6 Å². The molecule has 1 aromatic heterocycles. The fourth-order valence-corrected chi connectivity index (χ4v) is 2.49. The van der Waals surface area contributed by atoms with Gasteiger partial charge in [-0.05, 0) is 25.1 Å². The molecule has 0 unspecified atom stereocenters. The Morgan fingerprint density at radius 1 is 0.862 bits per heavy atom. The van der Waals surface area contributed by atoms with Crippen molar-refractivity contribution in [3.8, 4) is 11.5 Å². The summed E-state index contributed by atoms with van der Waals surface area (Å²) in [5, 5.41) is 1.09. The van der Waals surface area contributed by atoms with Gasteiger partial charge in [-0.15, -0.1) is 0 Å². The number of nitrogens with two attached hydrogens (primary N) is 1. The molecule has 0 aliphatic carbocycles. The zero-order valence-electron chi connectivity index (χ0n) is 16.9. The average molecular weight is 420 g/mol. The summed E-state index contributed by atoms with van der Waals surface area (Å²) in [5.74, 6) is 1.16. The molecule has 3 aromatic rings. The van der Waals surface area contributed by atoms with Crippen molar-refractivity contribution in [3.05, 3.63) is 53.4 Å². The lowest BCUT2D eigenvalue weighted by atomic mass is 10.2. The number of fused-ring (bicyclic) bond motifs is 1. The molecule has 0 amide bonds. The summed E-state index contributed by atoms with van der Waals surface area (Å²) in [4.78, 5) is 8.14. The monoisotopic (exact) mass is 419 g/mol. The SMILES string of the molecule is COCCOc1cc2ncnc(Cl)c2cc1OCCOC.Cc1ccc(N)cc1. The van der Waals surface area contributed by atoms with Crippen LogP contribution in [0, 0.1) is 6.92 Å². The van der Waals surface area contributed by atoms with Crippen LogP contribution in [0.3, 0.4) is 0 Å². The summed E-state index contributed by atoms with van der Waals surface area (Å²) in [6, 6.07) is 11.3. The van der Waals surface area contributed by atoms with E-state index in [9.17, 15) is 0 Å². The van der Waals surface area contributed by atoms with Crippen molar-refractivity contribution < 1.29 is 18.9 Å². The predicted octanol–water partition coefficient (Wildman–Crippen LogP) is 3.91. The fraction of sp³-hybridized carbons (Fsp3) is 0.333. The van der Waals surface area contributed by atoms with Gasteiger partial charge in [-0.1, -0.05) is 29.3 Å². The van der Waals surface area contributed by atoms with E-state index in [1.54, 1.807) is 26.4 Å². The van der Waals surface area contributed by atoms with Gasteiger partial charge in [0.05, 0.1) is 18.7 Å². The highest BCUT2D eigenvalue weighted by molar-refractivity contribution is 6.34. The largest absolute Gasteiger partial charge is 0.487 e. The first-order chi connectivity index (χ1) is 14.0. The van der Waals surface area contributed by atoms with E-state index in [0.29, 0.717) is 54.0 Å². The number of halogens is 1. The molecular weight excluding hydrogens is 394 g/mol. The molecule has 1 heterocycles. The van der Waals surface area contributed by atoms with E-state index in [1.165, 1.54) is 11.9 Å². The summed E-state index contributed by atoms with van der Waals surface area (Å²) in [6.45, 7) is 3.84. The molecule has 0 bridgehead atoms. The second-order valence-electron chi connectivity index (χ2n) is 6.07. The maximum atomic E-state index is 6.08. The predicted molar refractivity (Wildman–Crippen MR) is 115 cm³/mol. The zero-order valence-corrected chi connectivity index (χ0v) is 17.6. The Morgan fingerprint density at radius 3 is 2.00 bits per heavy atom.